The summed E-state index contributed by atoms with van der Waals surface area (Å²) in [5.74, 6) is 5.43. The number of hydrogen-bond donors (Lipinski definition) is 1. The number of amides is 1. The molecule has 4 aliphatic rings. The number of aromatic nitrogens is 2. The van der Waals surface area contributed by atoms with Crippen LogP contribution in [0.3, 0.4) is 0 Å². The molecule has 0 unspecified atom stereocenters. The van der Waals surface area contributed by atoms with Gasteiger partial charge >= 0.3 is 0 Å². The van der Waals surface area contributed by atoms with Crippen molar-refractivity contribution in [1.29, 1.82) is 0 Å². The van der Waals surface area contributed by atoms with Crippen molar-refractivity contribution in [1.82, 2.24) is 14.9 Å². The first-order valence-electron chi connectivity index (χ1n) is 14.1. The third-order valence-corrected chi connectivity index (χ3v) is 8.99. The van der Waals surface area contributed by atoms with Crippen molar-refractivity contribution in [2.45, 2.75) is 64.3 Å². The third kappa shape index (κ3) is 5.07. The zero-order chi connectivity index (χ0) is 25.2. The van der Waals surface area contributed by atoms with Gasteiger partial charge < -0.3 is 19.4 Å². The highest BCUT2D eigenvalue weighted by molar-refractivity contribution is 5.83. The number of aryl methyl sites for hydroxylation is 1. The molecule has 0 atom stereocenters. The van der Waals surface area contributed by atoms with Crippen LogP contribution in [-0.2, 0) is 17.8 Å². The summed E-state index contributed by atoms with van der Waals surface area (Å²) in [6.45, 7) is 2.23. The average molecular weight is 502 g/mol. The molecule has 6 nitrogen and oxygen atoms in total. The Morgan fingerprint density at radius 2 is 1.65 bits per heavy atom. The Balaban J connectivity index is 1.03. The summed E-state index contributed by atoms with van der Waals surface area (Å²) >= 11 is 0. The Bertz CT molecular complexity index is 1200. The first kappa shape index (κ1) is 24.3. The third-order valence-electron chi connectivity index (χ3n) is 8.99. The van der Waals surface area contributed by atoms with E-state index in [4.69, 9.17) is 14.5 Å². The van der Waals surface area contributed by atoms with Crippen molar-refractivity contribution in [2.24, 2.45) is 23.2 Å². The summed E-state index contributed by atoms with van der Waals surface area (Å²) in [5, 5.41) is 3.34. The van der Waals surface area contributed by atoms with Gasteiger partial charge in [0.25, 0.3) is 0 Å². The largest absolute Gasteiger partial charge is 0.497 e. The monoisotopic (exact) mass is 501 g/mol. The topological polar surface area (TPSA) is 65.4 Å². The van der Waals surface area contributed by atoms with Crippen LogP contribution in [-0.4, -0.2) is 35.7 Å². The van der Waals surface area contributed by atoms with E-state index in [1.807, 2.05) is 30.3 Å². The van der Waals surface area contributed by atoms with E-state index < -0.39 is 0 Å². The van der Waals surface area contributed by atoms with Crippen molar-refractivity contribution in [3.63, 3.8) is 0 Å². The van der Waals surface area contributed by atoms with Crippen LogP contribution in [0.5, 0.6) is 11.5 Å². The summed E-state index contributed by atoms with van der Waals surface area (Å²) in [5.41, 5.74) is 2.11. The van der Waals surface area contributed by atoms with Gasteiger partial charge in [-0.1, -0.05) is 12.1 Å². The minimum atomic E-state index is -0.0846. The fourth-order valence-corrected chi connectivity index (χ4v) is 7.66. The van der Waals surface area contributed by atoms with Crippen LogP contribution in [0.25, 0.3) is 11.0 Å². The lowest BCUT2D eigenvalue weighted by Crippen LogP contribution is -2.53. The predicted octanol–water partition coefficient (Wildman–Crippen LogP) is 5.78. The fourth-order valence-electron chi connectivity index (χ4n) is 7.66. The molecule has 4 bridgehead atoms. The predicted molar refractivity (Wildman–Crippen MR) is 145 cm³/mol. The van der Waals surface area contributed by atoms with Gasteiger partial charge in [0, 0.05) is 24.9 Å². The second-order valence-corrected chi connectivity index (χ2v) is 11.6. The molecule has 1 heterocycles. The second-order valence-electron chi connectivity index (χ2n) is 11.6. The van der Waals surface area contributed by atoms with Gasteiger partial charge in [0.15, 0.2) is 0 Å². The molecular formula is C31H39N3O3. The molecule has 1 N–H and O–H groups in total. The number of carbonyl (C=O) groups is 1. The van der Waals surface area contributed by atoms with Crippen LogP contribution >= 0.6 is 0 Å². The number of imidazole rings is 1. The zero-order valence-corrected chi connectivity index (χ0v) is 22.0. The maximum absolute atomic E-state index is 13.4. The summed E-state index contributed by atoms with van der Waals surface area (Å²) in [7, 11) is 1.67. The lowest BCUT2D eigenvalue weighted by molar-refractivity contribution is -0.146. The van der Waals surface area contributed by atoms with Crippen molar-refractivity contribution < 1.29 is 14.3 Å². The molecule has 7 rings (SSSR count). The van der Waals surface area contributed by atoms with Crippen molar-refractivity contribution in [3.8, 4) is 11.5 Å². The normalized spacial score (nSPS) is 25.9. The Labute approximate surface area is 219 Å². The molecule has 1 aromatic heterocycles. The molecule has 2 aromatic carbocycles. The molecule has 196 valence electrons. The first-order valence-corrected chi connectivity index (χ1v) is 14.1. The zero-order valence-electron chi connectivity index (χ0n) is 22.0. The highest BCUT2D eigenvalue weighted by atomic mass is 16.5. The summed E-state index contributed by atoms with van der Waals surface area (Å²) in [6.07, 6.45) is 10.1. The lowest BCUT2D eigenvalue weighted by atomic mass is 9.49. The summed E-state index contributed by atoms with van der Waals surface area (Å²) in [6, 6.07) is 16.1. The van der Waals surface area contributed by atoms with E-state index in [-0.39, 0.29) is 5.41 Å². The second kappa shape index (κ2) is 10.4. The van der Waals surface area contributed by atoms with Crippen molar-refractivity contribution in [2.75, 3.05) is 20.3 Å². The van der Waals surface area contributed by atoms with Gasteiger partial charge in [0.05, 0.1) is 24.8 Å². The maximum Gasteiger partial charge on any atom is 0.226 e. The molecule has 0 saturated heterocycles. The van der Waals surface area contributed by atoms with E-state index in [9.17, 15) is 4.79 Å². The highest BCUT2D eigenvalue weighted by Crippen LogP contribution is 2.60. The fraction of sp³-hybridized carbons (Fsp3) is 0.548. The van der Waals surface area contributed by atoms with Crippen LogP contribution in [0, 0.1) is 23.2 Å². The molecule has 1 amide bonds. The number of nitrogens with one attached hydrogen (secondary N) is 1. The van der Waals surface area contributed by atoms with E-state index in [0.717, 1.165) is 85.7 Å². The number of fused-ring (bicyclic) bond motifs is 1. The molecule has 4 saturated carbocycles. The van der Waals surface area contributed by atoms with Gasteiger partial charge in [-0.25, -0.2) is 4.98 Å². The van der Waals surface area contributed by atoms with Gasteiger partial charge in [0.2, 0.25) is 5.91 Å². The van der Waals surface area contributed by atoms with E-state index >= 15 is 0 Å². The maximum atomic E-state index is 13.4. The number of hydrogen-bond acceptors (Lipinski definition) is 4. The smallest absolute Gasteiger partial charge is 0.226 e. The molecule has 37 heavy (non-hydrogen) atoms. The van der Waals surface area contributed by atoms with Crippen LogP contribution in [0.4, 0.5) is 0 Å². The molecule has 3 aromatic rings. The van der Waals surface area contributed by atoms with Crippen LogP contribution in [0.1, 0.15) is 57.2 Å². The number of methoxy groups -OCH3 is 1. The van der Waals surface area contributed by atoms with E-state index in [0.29, 0.717) is 19.1 Å². The minimum Gasteiger partial charge on any atom is -0.497 e. The Morgan fingerprint density at radius 1 is 0.973 bits per heavy atom. The Kier molecular flexibility index (Phi) is 6.83. The molecule has 0 spiro atoms. The quantitative estimate of drug-likeness (QED) is 0.338. The molecular weight excluding hydrogens is 462 g/mol. The van der Waals surface area contributed by atoms with Gasteiger partial charge in [-0.15, -0.1) is 0 Å². The van der Waals surface area contributed by atoms with Gasteiger partial charge in [0.1, 0.15) is 17.3 Å². The Hall–Kier alpha value is -3.02. The summed E-state index contributed by atoms with van der Waals surface area (Å²) in [4.78, 5) is 18.3. The van der Waals surface area contributed by atoms with Crippen LogP contribution < -0.4 is 14.8 Å². The Morgan fingerprint density at radius 3 is 2.35 bits per heavy atom. The number of benzene rings is 2. The van der Waals surface area contributed by atoms with Gasteiger partial charge in [-0.2, -0.15) is 0 Å². The van der Waals surface area contributed by atoms with Gasteiger partial charge in [-0.3, -0.25) is 4.79 Å². The minimum absolute atomic E-state index is 0.0846. The molecule has 4 aliphatic carbocycles. The van der Waals surface area contributed by atoms with E-state index in [2.05, 4.69) is 28.1 Å². The van der Waals surface area contributed by atoms with Crippen LogP contribution in [0.15, 0.2) is 48.5 Å². The van der Waals surface area contributed by atoms with E-state index in [1.54, 1.807) is 7.11 Å². The summed E-state index contributed by atoms with van der Waals surface area (Å²) < 4.78 is 13.4. The van der Waals surface area contributed by atoms with Crippen LogP contribution in [0.2, 0.25) is 0 Å². The molecule has 4 fully saturated rings. The number of para-hydroxylation sites is 2. The molecule has 6 heteroatoms. The lowest BCUT2D eigenvalue weighted by Gasteiger charge is -2.55. The average Bonchev–Trinajstić information content (AvgIpc) is 3.25. The highest BCUT2D eigenvalue weighted by Gasteiger charge is 2.54. The number of carbonyl (C=O) groups excluding carboxylic acids is 1. The first-order chi connectivity index (χ1) is 18.1. The SMILES string of the molecule is COc1ccc(OCCCCn2c(CCNC(=O)C34CC5CC(CC(C5)C3)C4)nc3ccccc32)cc1. The number of rotatable bonds is 11. The van der Waals surface area contributed by atoms with E-state index in [1.165, 1.54) is 24.8 Å². The molecule has 0 aliphatic heterocycles. The number of ether oxygens (including phenoxy) is 2. The number of unbranched alkanes of at least 4 members (excludes halogenated alkanes) is 1. The van der Waals surface area contributed by atoms with Gasteiger partial charge in [-0.05, 0) is 106 Å². The number of nitrogens with zero attached hydrogens (tertiary/aromatic N) is 2. The van der Waals surface area contributed by atoms with Crippen molar-refractivity contribution >= 4 is 16.9 Å². The standard InChI is InChI=1S/C31H39N3O3/c1-36-25-8-10-26(11-9-25)37-15-5-4-14-34-28-7-3-2-6-27(28)33-29(34)12-13-32-30(35)31-19-22-16-23(20-31)18-24(17-22)21-31/h2-3,6-11,22-24H,4-5,12-21H2,1H3,(H,32,35). The molecule has 0 radical (unpaired) electrons. The van der Waals surface area contributed by atoms with Crippen molar-refractivity contribution in [3.05, 3.63) is 54.4 Å².